The smallest absolute Gasteiger partial charge is 0.264 e. The van der Waals surface area contributed by atoms with Crippen LogP contribution in [0.3, 0.4) is 0 Å². The number of hydrogen-bond donors (Lipinski definition) is 1. The van der Waals surface area contributed by atoms with Gasteiger partial charge in [0, 0.05) is 26.2 Å². The molecule has 0 radical (unpaired) electrons. The summed E-state index contributed by atoms with van der Waals surface area (Å²) >= 11 is 4.72. The zero-order chi connectivity index (χ0) is 15.4. The number of hydrogen-bond acceptors (Lipinski definition) is 4. The molecule has 1 fully saturated rings. The molecule has 1 aromatic heterocycles. The van der Waals surface area contributed by atoms with Crippen molar-refractivity contribution in [1.82, 2.24) is 15.1 Å². The Balaban J connectivity index is 1.91. The number of nitrogens with one attached hydrogen (secondary N) is 1. The largest absolute Gasteiger partial charge is 0.340 e. The number of piperidine rings is 1. The molecule has 1 N–H and O–H groups in total. The van der Waals surface area contributed by atoms with Crippen LogP contribution in [0.2, 0.25) is 0 Å². The van der Waals surface area contributed by atoms with Crippen molar-refractivity contribution in [2.75, 3.05) is 33.7 Å². The predicted octanol–water partition coefficient (Wildman–Crippen LogP) is 1.79. The molecule has 0 saturated carbocycles. The first kappa shape index (κ1) is 16.5. The van der Waals surface area contributed by atoms with E-state index in [0.717, 1.165) is 29.7 Å². The lowest BCUT2D eigenvalue weighted by atomic mass is 10.1. The van der Waals surface area contributed by atoms with E-state index in [2.05, 4.69) is 21.2 Å². The summed E-state index contributed by atoms with van der Waals surface area (Å²) in [4.78, 5) is 28.5. The van der Waals surface area contributed by atoms with Gasteiger partial charge in [-0.1, -0.05) is 0 Å². The first-order valence-corrected chi connectivity index (χ1v) is 8.58. The van der Waals surface area contributed by atoms with Crippen molar-refractivity contribution in [3.05, 3.63) is 20.8 Å². The Morgan fingerprint density at radius 1 is 1.52 bits per heavy atom. The number of halogens is 1. The molecule has 1 saturated heterocycles. The maximum absolute atomic E-state index is 12.3. The van der Waals surface area contributed by atoms with Crippen LogP contribution in [0.5, 0.6) is 0 Å². The highest BCUT2D eigenvalue weighted by Crippen LogP contribution is 2.23. The summed E-state index contributed by atoms with van der Waals surface area (Å²) in [7, 11) is 3.59. The van der Waals surface area contributed by atoms with E-state index in [1.165, 1.54) is 16.2 Å². The van der Waals surface area contributed by atoms with Crippen LogP contribution in [0.4, 0.5) is 0 Å². The van der Waals surface area contributed by atoms with E-state index in [-0.39, 0.29) is 18.4 Å². The van der Waals surface area contributed by atoms with Crippen molar-refractivity contribution in [3.63, 3.8) is 0 Å². The third-order valence-corrected chi connectivity index (χ3v) is 5.30. The summed E-state index contributed by atoms with van der Waals surface area (Å²) in [5.74, 6) is -0.0948. The number of thiophene rings is 1. The summed E-state index contributed by atoms with van der Waals surface area (Å²) in [5, 5.41) is 3.22. The second kappa shape index (κ2) is 7.38. The molecule has 0 aromatic carbocycles. The summed E-state index contributed by atoms with van der Waals surface area (Å²) < 4.78 is 0.915. The molecule has 116 valence electrons. The number of carbonyl (C=O) groups excluding carboxylic acids is 2. The van der Waals surface area contributed by atoms with Crippen molar-refractivity contribution in [2.24, 2.45) is 0 Å². The Morgan fingerprint density at radius 3 is 2.90 bits per heavy atom. The molecule has 1 aliphatic heterocycles. The number of likely N-dealkylation sites (tertiary alicyclic amines) is 1. The van der Waals surface area contributed by atoms with Gasteiger partial charge in [-0.2, -0.15) is 0 Å². The second-order valence-corrected chi connectivity index (χ2v) is 7.70. The lowest BCUT2D eigenvalue weighted by molar-refractivity contribution is -0.133. The van der Waals surface area contributed by atoms with Gasteiger partial charge in [0.25, 0.3) is 5.91 Å². The Hall–Kier alpha value is -0.920. The molecule has 1 atom stereocenters. The third-order valence-electron chi connectivity index (χ3n) is 3.69. The number of nitrogens with zero attached hydrogens (tertiary/aromatic N) is 2. The van der Waals surface area contributed by atoms with Gasteiger partial charge in [0.05, 0.1) is 15.2 Å². The maximum atomic E-state index is 12.3. The first-order valence-electron chi connectivity index (χ1n) is 6.97. The summed E-state index contributed by atoms with van der Waals surface area (Å²) in [6.07, 6.45) is 2.10. The monoisotopic (exact) mass is 373 g/mol. The van der Waals surface area contributed by atoms with Gasteiger partial charge < -0.3 is 15.1 Å². The number of amides is 2. The standard InChI is InChI=1S/C14H20BrN3O2S/c1-16-10-4-3-7-18(8-10)13(19)9-17(2)14(20)11-5-6-12(15)21-11/h5-6,10,16H,3-4,7-9H2,1-2H3. The third kappa shape index (κ3) is 4.28. The molecule has 1 aliphatic rings. The number of likely N-dealkylation sites (N-methyl/N-ethyl adjacent to an activating group) is 2. The second-order valence-electron chi connectivity index (χ2n) is 5.23. The van der Waals surface area contributed by atoms with Crippen LogP contribution in [0.1, 0.15) is 22.5 Å². The average Bonchev–Trinajstić information content (AvgIpc) is 2.92. The molecule has 1 aromatic rings. The van der Waals surface area contributed by atoms with Gasteiger partial charge >= 0.3 is 0 Å². The van der Waals surface area contributed by atoms with Crippen LogP contribution >= 0.6 is 27.3 Å². The van der Waals surface area contributed by atoms with Gasteiger partial charge in [0.15, 0.2) is 0 Å². The Morgan fingerprint density at radius 2 is 2.29 bits per heavy atom. The molecule has 0 spiro atoms. The fraction of sp³-hybridized carbons (Fsp3) is 0.571. The molecular formula is C14H20BrN3O2S. The van der Waals surface area contributed by atoms with Crippen molar-refractivity contribution in [2.45, 2.75) is 18.9 Å². The van der Waals surface area contributed by atoms with Crippen LogP contribution < -0.4 is 5.32 Å². The van der Waals surface area contributed by atoms with Crippen LogP contribution in [0.25, 0.3) is 0 Å². The van der Waals surface area contributed by atoms with Crippen molar-refractivity contribution in [3.8, 4) is 0 Å². The zero-order valence-corrected chi connectivity index (χ0v) is 14.7. The summed E-state index contributed by atoms with van der Waals surface area (Å²) in [6, 6.07) is 3.98. The molecular weight excluding hydrogens is 354 g/mol. The first-order chi connectivity index (χ1) is 10.0. The van der Waals surface area contributed by atoms with E-state index in [1.54, 1.807) is 13.1 Å². The lowest BCUT2D eigenvalue weighted by Crippen LogP contribution is -2.50. The fourth-order valence-corrected chi connectivity index (χ4v) is 3.81. The van der Waals surface area contributed by atoms with Crippen molar-refractivity contribution < 1.29 is 9.59 Å². The number of carbonyl (C=O) groups is 2. The van der Waals surface area contributed by atoms with Crippen LogP contribution in [0, 0.1) is 0 Å². The topological polar surface area (TPSA) is 52.7 Å². The Kier molecular flexibility index (Phi) is 5.78. The van der Waals surface area contributed by atoms with Gasteiger partial charge in [0.1, 0.15) is 0 Å². The molecule has 0 aliphatic carbocycles. The van der Waals surface area contributed by atoms with Gasteiger partial charge in [-0.05, 0) is 48.0 Å². The lowest BCUT2D eigenvalue weighted by Gasteiger charge is -2.33. The highest BCUT2D eigenvalue weighted by atomic mass is 79.9. The predicted molar refractivity (Wildman–Crippen MR) is 87.6 cm³/mol. The molecule has 21 heavy (non-hydrogen) atoms. The molecule has 1 unspecified atom stereocenters. The molecule has 2 heterocycles. The summed E-state index contributed by atoms with van der Waals surface area (Å²) in [5.41, 5.74) is 0. The minimum atomic E-state index is -0.110. The highest BCUT2D eigenvalue weighted by molar-refractivity contribution is 9.11. The minimum absolute atomic E-state index is 0.0152. The Labute approximate surface area is 137 Å². The van der Waals surface area contributed by atoms with Crippen molar-refractivity contribution in [1.29, 1.82) is 0 Å². The average molecular weight is 374 g/mol. The Bertz CT molecular complexity index is 520. The summed E-state index contributed by atoms with van der Waals surface area (Å²) in [6.45, 7) is 1.64. The van der Waals surface area contributed by atoms with Gasteiger partial charge in [-0.15, -0.1) is 11.3 Å². The molecule has 2 rings (SSSR count). The SMILES string of the molecule is CNC1CCCN(C(=O)CN(C)C(=O)c2ccc(Br)s2)C1. The van der Waals surface area contributed by atoms with Crippen LogP contribution in [-0.2, 0) is 4.79 Å². The minimum Gasteiger partial charge on any atom is -0.340 e. The quantitative estimate of drug-likeness (QED) is 0.875. The molecule has 7 heteroatoms. The van der Waals surface area contributed by atoms with E-state index < -0.39 is 0 Å². The van der Waals surface area contributed by atoms with Gasteiger partial charge in [-0.25, -0.2) is 0 Å². The van der Waals surface area contributed by atoms with E-state index in [1.807, 2.05) is 18.0 Å². The maximum Gasteiger partial charge on any atom is 0.264 e. The molecule has 2 amide bonds. The normalized spacial score (nSPS) is 18.6. The van der Waals surface area contributed by atoms with Gasteiger partial charge in [-0.3, -0.25) is 9.59 Å². The number of rotatable bonds is 4. The van der Waals surface area contributed by atoms with E-state index in [9.17, 15) is 9.59 Å². The van der Waals surface area contributed by atoms with E-state index >= 15 is 0 Å². The van der Waals surface area contributed by atoms with Crippen LogP contribution in [-0.4, -0.2) is 61.4 Å². The van der Waals surface area contributed by atoms with Gasteiger partial charge in [0.2, 0.25) is 5.91 Å². The zero-order valence-electron chi connectivity index (χ0n) is 12.3. The molecule has 5 nitrogen and oxygen atoms in total. The van der Waals surface area contributed by atoms with Crippen molar-refractivity contribution >= 4 is 39.1 Å². The van der Waals surface area contributed by atoms with E-state index in [4.69, 9.17) is 0 Å². The van der Waals surface area contributed by atoms with Crippen LogP contribution in [0.15, 0.2) is 15.9 Å². The highest BCUT2D eigenvalue weighted by Gasteiger charge is 2.25. The molecule has 0 bridgehead atoms. The fourth-order valence-electron chi connectivity index (χ4n) is 2.43. The van der Waals surface area contributed by atoms with E-state index in [0.29, 0.717) is 10.9 Å².